The average molecular weight is 493 g/mol. The highest BCUT2D eigenvalue weighted by Gasteiger charge is 2.30. The molecule has 0 aliphatic carbocycles. The van der Waals surface area contributed by atoms with Gasteiger partial charge in [-0.3, -0.25) is 14.3 Å². The Morgan fingerprint density at radius 1 is 1.11 bits per heavy atom. The topological polar surface area (TPSA) is 67.7 Å². The van der Waals surface area contributed by atoms with Gasteiger partial charge in [0.1, 0.15) is 11.4 Å². The maximum atomic E-state index is 13.2. The van der Waals surface area contributed by atoms with Crippen molar-refractivity contribution in [1.82, 2.24) is 14.7 Å². The van der Waals surface area contributed by atoms with Gasteiger partial charge in [0.2, 0.25) is 0 Å². The van der Waals surface area contributed by atoms with Crippen LogP contribution in [0.2, 0.25) is 5.02 Å². The first-order valence-corrected chi connectivity index (χ1v) is 12.5. The number of ether oxygens (including phenoxy) is 1. The lowest BCUT2D eigenvalue weighted by molar-refractivity contribution is 0.0983. The van der Waals surface area contributed by atoms with E-state index in [1.807, 2.05) is 36.4 Å². The molecule has 3 heterocycles. The van der Waals surface area contributed by atoms with E-state index in [1.165, 1.54) is 36.7 Å². The zero-order valence-corrected chi connectivity index (χ0v) is 20.6. The number of amides is 1. The number of hydrogen-bond acceptors (Lipinski definition) is 5. The fraction of sp³-hybridized carbons (Fsp3) is 0.370. The Kier molecular flexibility index (Phi) is 6.88. The van der Waals surface area contributed by atoms with E-state index in [2.05, 4.69) is 10.00 Å². The standard InChI is InChI=1S/C27H29ClN4O3/c1-30-19(18-33)17-23(29-30)27(34)32-15-11-21-20(7-4-9-24(21)32)22-8-5-10-25(26(22)28)35-16-6-14-31-12-2-3-13-31/h4-5,7-10,17-18H,2-3,6,11-16H2,1H3. The van der Waals surface area contributed by atoms with Crippen molar-refractivity contribution in [3.05, 3.63) is 64.4 Å². The first-order valence-electron chi connectivity index (χ1n) is 12.1. The number of likely N-dealkylation sites (tertiary alicyclic amines) is 1. The van der Waals surface area contributed by atoms with Crippen LogP contribution in [-0.4, -0.2) is 59.7 Å². The lowest BCUT2D eigenvalue weighted by Crippen LogP contribution is -2.29. The molecule has 0 unspecified atom stereocenters. The molecule has 1 amide bonds. The highest BCUT2D eigenvalue weighted by atomic mass is 35.5. The van der Waals surface area contributed by atoms with Crippen molar-refractivity contribution in [1.29, 1.82) is 0 Å². The van der Waals surface area contributed by atoms with Gasteiger partial charge in [0, 0.05) is 31.4 Å². The van der Waals surface area contributed by atoms with E-state index in [9.17, 15) is 9.59 Å². The molecule has 0 radical (unpaired) electrons. The molecule has 1 aromatic heterocycles. The number of nitrogens with zero attached hydrogens (tertiary/aromatic N) is 4. The molecule has 182 valence electrons. The normalized spacial score (nSPS) is 15.4. The number of carbonyl (C=O) groups is 2. The third-order valence-electron chi connectivity index (χ3n) is 6.86. The maximum Gasteiger partial charge on any atom is 0.278 e. The molecule has 1 fully saturated rings. The summed E-state index contributed by atoms with van der Waals surface area (Å²) in [5.74, 6) is 0.467. The third-order valence-corrected chi connectivity index (χ3v) is 7.25. The van der Waals surface area contributed by atoms with Gasteiger partial charge in [-0.15, -0.1) is 0 Å². The molecular formula is C27H29ClN4O3. The third kappa shape index (κ3) is 4.70. The van der Waals surface area contributed by atoms with E-state index < -0.39 is 0 Å². The maximum absolute atomic E-state index is 13.2. The predicted octanol–water partition coefficient (Wildman–Crippen LogP) is 4.62. The Bertz CT molecular complexity index is 1250. The predicted molar refractivity (Wildman–Crippen MR) is 137 cm³/mol. The summed E-state index contributed by atoms with van der Waals surface area (Å²) in [6.07, 6.45) is 4.96. The molecule has 7 nitrogen and oxygen atoms in total. The van der Waals surface area contributed by atoms with E-state index in [-0.39, 0.29) is 11.6 Å². The van der Waals surface area contributed by atoms with Crippen LogP contribution < -0.4 is 9.64 Å². The van der Waals surface area contributed by atoms with Crippen molar-refractivity contribution in [2.24, 2.45) is 7.05 Å². The fourth-order valence-corrected chi connectivity index (χ4v) is 5.32. The Morgan fingerprint density at radius 3 is 2.66 bits per heavy atom. The Morgan fingerprint density at radius 2 is 1.89 bits per heavy atom. The van der Waals surface area contributed by atoms with Crippen molar-refractivity contribution < 1.29 is 14.3 Å². The minimum Gasteiger partial charge on any atom is -0.492 e. The summed E-state index contributed by atoms with van der Waals surface area (Å²) in [5.41, 5.74) is 4.44. The summed E-state index contributed by atoms with van der Waals surface area (Å²) in [6.45, 7) is 4.60. The molecule has 1 saturated heterocycles. The molecule has 2 aliphatic rings. The second kappa shape index (κ2) is 10.2. The number of aryl methyl sites for hydroxylation is 1. The van der Waals surface area contributed by atoms with Crippen molar-refractivity contribution in [2.45, 2.75) is 25.7 Å². The van der Waals surface area contributed by atoms with Crippen LogP contribution in [0.3, 0.4) is 0 Å². The second-order valence-electron chi connectivity index (χ2n) is 9.07. The molecule has 8 heteroatoms. The van der Waals surface area contributed by atoms with Gasteiger partial charge in [-0.2, -0.15) is 5.10 Å². The van der Waals surface area contributed by atoms with Gasteiger partial charge in [-0.25, -0.2) is 0 Å². The minimum atomic E-state index is -0.217. The van der Waals surface area contributed by atoms with E-state index in [0.29, 0.717) is 42.3 Å². The quantitative estimate of drug-likeness (QED) is 0.339. The van der Waals surface area contributed by atoms with Gasteiger partial charge < -0.3 is 14.5 Å². The van der Waals surface area contributed by atoms with E-state index in [0.717, 1.165) is 35.3 Å². The van der Waals surface area contributed by atoms with E-state index in [1.54, 1.807) is 11.9 Å². The first kappa shape index (κ1) is 23.6. The fourth-order valence-electron chi connectivity index (χ4n) is 5.04. The molecule has 0 bridgehead atoms. The SMILES string of the molecule is Cn1nc(C(=O)N2CCc3c(-c4cccc(OCCCN5CCCC5)c4Cl)cccc32)cc1C=O. The van der Waals surface area contributed by atoms with Gasteiger partial charge in [-0.05, 0) is 68.1 Å². The van der Waals surface area contributed by atoms with Gasteiger partial charge in [-0.1, -0.05) is 35.9 Å². The molecule has 0 N–H and O–H groups in total. The molecular weight excluding hydrogens is 464 g/mol. The summed E-state index contributed by atoms with van der Waals surface area (Å²) in [4.78, 5) is 28.6. The molecule has 3 aromatic rings. The minimum absolute atomic E-state index is 0.217. The molecule has 0 saturated carbocycles. The van der Waals surface area contributed by atoms with Crippen LogP contribution in [-0.2, 0) is 13.5 Å². The summed E-state index contributed by atoms with van der Waals surface area (Å²) in [5, 5.41) is 4.81. The molecule has 35 heavy (non-hydrogen) atoms. The van der Waals surface area contributed by atoms with Crippen molar-refractivity contribution in [3.8, 4) is 16.9 Å². The van der Waals surface area contributed by atoms with Crippen molar-refractivity contribution >= 4 is 29.5 Å². The Hall–Kier alpha value is -3.16. The largest absolute Gasteiger partial charge is 0.492 e. The van der Waals surface area contributed by atoms with Gasteiger partial charge in [0.25, 0.3) is 5.91 Å². The number of anilines is 1. The Labute approximate surface area is 210 Å². The number of hydrogen-bond donors (Lipinski definition) is 0. The molecule has 2 aliphatic heterocycles. The average Bonchev–Trinajstić information content (AvgIpc) is 3.62. The van der Waals surface area contributed by atoms with Gasteiger partial charge in [0.05, 0.1) is 11.6 Å². The number of benzene rings is 2. The van der Waals surface area contributed by atoms with Crippen LogP contribution in [0.15, 0.2) is 42.5 Å². The number of rotatable bonds is 8. The van der Waals surface area contributed by atoms with E-state index in [4.69, 9.17) is 16.3 Å². The number of carbonyl (C=O) groups excluding carboxylic acids is 2. The number of halogens is 1. The first-order chi connectivity index (χ1) is 17.1. The molecule has 0 spiro atoms. The second-order valence-corrected chi connectivity index (χ2v) is 9.45. The van der Waals surface area contributed by atoms with Crippen LogP contribution in [0.1, 0.15) is 45.8 Å². The van der Waals surface area contributed by atoms with Gasteiger partial charge >= 0.3 is 0 Å². The smallest absolute Gasteiger partial charge is 0.278 e. The molecule has 0 atom stereocenters. The summed E-state index contributed by atoms with van der Waals surface area (Å²) < 4.78 is 7.48. The summed E-state index contributed by atoms with van der Waals surface area (Å²) >= 11 is 6.82. The zero-order valence-electron chi connectivity index (χ0n) is 19.9. The monoisotopic (exact) mass is 492 g/mol. The van der Waals surface area contributed by atoms with Crippen LogP contribution in [0.5, 0.6) is 5.75 Å². The molecule has 5 rings (SSSR count). The Balaban J connectivity index is 1.35. The lowest BCUT2D eigenvalue weighted by Gasteiger charge is -2.18. The van der Waals surface area contributed by atoms with Crippen LogP contribution in [0.4, 0.5) is 5.69 Å². The highest BCUT2D eigenvalue weighted by Crippen LogP contribution is 2.42. The molecule has 2 aromatic carbocycles. The van der Waals surface area contributed by atoms with Crippen LogP contribution >= 0.6 is 11.6 Å². The summed E-state index contributed by atoms with van der Waals surface area (Å²) in [7, 11) is 1.65. The zero-order chi connectivity index (χ0) is 24.4. The number of aromatic nitrogens is 2. The van der Waals surface area contributed by atoms with Crippen molar-refractivity contribution in [2.75, 3.05) is 37.7 Å². The van der Waals surface area contributed by atoms with E-state index >= 15 is 0 Å². The summed E-state index contributed by atoms with van der Waals surface area (Å²) in [6, 6.07) is 13.3. The van der Waals surface area contributed by atoms with Crippen LogP contribution in [0.25, 0.3) is 11.1 Å². The lowest BCUT2D eigenvalue weighted by atomic mass is 9.97. The number of aldehydes is 1. The van der Waals surface area contributed by atoms with Crippen LogP contribution in [0, 0.1) is 0 Å². The van der Waals surface area contributed by atoms with Crippen molar-refractivity contribution in [3.63, 3.8) is 0 Å². The van der Waals surface area contributed by atoms with Gasteiger partial charge in [0.15, 0.2) is 12.0 Å². The number of fused-ring (bicyclic) bond motifs is 1. The highest BCUT2D eigenvalue weighted by molar-refractivity contribution is 6.35.